The van der Waals surface area contributed by atoms with E-state index < -0.39 is 16.6 Å². The van der Waals surface area contributed by atoms with Gasteiger partial charge in [-0.2, -0.15) is 0 Å². The first kappa shape index (κ1) is 13.6. The molecule has 0 aromatic carbocycles. The van der Waals surface area contributed by atoms with Crippen LogP contribution in [0.15, 0.2) is 28.0 Å². The van der Waals surface area contributed by atoms with Crippen molar-refractivity contribution < 1.29 is 8.60 Å². The zero-order valence-corrected chi connectivity index (χ0v) is 12.4. The molecule has 1 unspecified atom stereocenters. The lowest BCUT2D eigenvalue weighted by Crippen LogP contribution is -2.21. The molecule has 1 aliphatic rings. The maximum Gasteiger partial charge on any atom is 0.188 e. The Kier molecular flexibility index (Phi) is 4.07. The number of halogens is 1. The maximum atomic E-state index is 14.4. The largest absolute Gasteiger partial charge is 0.354 e. The zero-order valence-electron chi connectivity index (χ0n) is 10.8. The summed E-state index contributed by atoms with van der Waals surface area (Å²) in [6.45, 7) is 1.64. The van der Waals surface area contributed by atoms with Crippen LogP contribution in [0.1, 0.15) is 18.5 Å². The number of thiophene rings is 1. The highest BCUT2D eigenvalue weighted by molar-refractivity contribution is 7.86. The molecule has 0 bridgehead atoms. The van der Waals surface area contributed by atoms with Gasteiger partial charge in [-0.15, -0.1) is 11.3 Å². The molecular weight excluding hydrogens is 297 g/mol. The fourth-order valence-corrected chi connectivity index (χ4v) is 4.28. The van der Waals surface area contributed by atoms with Crippen LogP contribution in [0.5, 0.6) is 0 Å². The second kappa shape index (κ2) is 5.97. The molecule has 2 aromatic heterocycles. The Balaban J connectivity index is 1.83. The van der Waals surface area contributed by atoms with Crippen molar-refractivity contribution in [2.45, 2.75) is 22.8 Å². The van der Waals surface area contributed by atoms with Crippen LogP contribution < -0.4 is 4.90 Å². The van der Waals surface area contributed by atoms with Gasteiger partial charge in [-0.3, -0.25) is 4.21 Å². The van der Waals surface area contributed by atoms with Crippen molar-refractivity contribution in [3.63, 3.8) is 0 Å². The minimum absolute atomic E-state index is 0.0930. The van der Waals surface area contributed by atoms with E-state index in [0.717, 1.165) is 30.1 Å². The van der Waals surface area contributed by atoms with E-state index in [1.807, 2.05) is 16.3 Å². The molecule has 1 fully saturated rings. The van der Waals surface area contributed by atoms with Crippen LogP contribution in [0.2, 0.25) is 0 Å². The molecule has 4 nitrogen and oxygen atoms in total. The normalized spacial score (nSPS) is 16.6. The van der Waals surface area contributed by atoms with E-state index in [9.17, 15) is 8.60 Å². The lowest BCUT2D eigenvalue weighted by molar-refractivity contribution is 0.593. The molecule has 2 aromatic rings. The predicted molar refractivity (Wildman–Crippen MR) is 77.9 cm³/mol. The third-order valence-electron chi connectivity index (χ3n) is 3.24. The van der Waals surface area contributed by atoms with Crippen molar-refractivity contribution in [2.75, 3.05) is 18.0 Å². The summed E-state index contributed by atoms with van der Waals surface area (Å²) in [5.41, 5.74) is 0.230. The molecule has 7 heteroatoms. The molecule has 20 heavy (non-hydrogen) atoms. The third-order valence-corrected chi connectivity index (χ3v) is 5.86. The molecule has 0 amide bonds. The Labute approximate surface area is 123 Å². The topological polar surface area (TPSA) is 46.1 Å². The third kappa shape index (κ3) is 2.73. The van der Waals surface area contributed by atoms with Crippen LogP contribution in [-0.4, -0.2) is 27.3 Å². The summed E-state index contributed by atoms with van der Waals surface area (Å²) < 4.78 is 27.3. The number of rotatable bonds is 4. The maximum absolute atomic E-state index is 14.4. The Morgan fingerprint density at radius 2 is 2.15 bits per heavy atom. The van der Waals surface area contributed by atoms with Crippen LogP contribution in [0.25, 0.3) is 0 Å². The molecule has 0 radical (unpaired) electrons. The standard InChI is InChI=1S/C13H14FN3OS2/c14-12-10(8-20(18)11-4-3-7-19-11)15-9-16-13(12)17-5-1-2-6-17/h3-4,7,9H,1-2,5-6,8H2. The Bertz CT molecular complexity index is 612. The van der Waals surface area contributed by atoms with E-state index in [1.165, 1.54) is 17.7 Å². The molecule has 1 atom stereocenters. The van der Waals surface area contributed by atoms with Gasteiger partial charge in [0, 0.05) is 13.1 Å². The van der Waals surface area contributed by atoms with Crippen LogP contribution in [0.3, 0.4) is 0 Å². The van der Waals surface area contributed by atoms with Gasteiger partial charge in [0.1, 0.15) is 6.33 Å². The van der Waals surface area contributed by atoms with E-state index >= 15 is 0 Å². The number of aromatic nitrogens is 2. The fraction of sp³-hybridized carbons (Fsp3) is 0.385. The van der Waals surface area contributed by atoms with E-state index in [1.54, 1.807) is 6.07 Å². The monoisotopic (exact) mass is 311 g/mol. The number of nitrogens with zero attached hydrogens (tertiary/aromatic N) is 3. The van der Waals surface area contributed by atoms with Crippen molar-refractivity contribution in [2.24, 2.45) is 0 Å². The van der Waals surface area contributed by atoms with Gasteiger partial charge < -0.3 is 4.90 Å². The van der Waals surface area contributed by atoms with Crippen LogP contribution in [0, 0.1) is 5.82 Å². The molecule has 0 aliphatic carbocycles. The zero-order chi connectivity index (χ0) is 13.9. The van der Waals surface area contributed by atoms with Crippen LogP contribution in [-0.2, 0) is 16.6 Å². The summed E-state index contributed by atoms with van der Waals surface area (Å²) in [7, 11) is -1.25. The number of hydrogen-bond donors (Lipinski definition) is 0. The van der Waals surface area contributed by atoms with Crippen LogP contribution in [0.4, 0.5) is 10.2 Å². The first-order chi connectivity index (χ1) is 9.75. The van der Waals surface area contributed by atoms with Crippen molar-refractivity contribution in [1.29, 1.82) is 0 Å². The quantitative estimate of drug-likeness (QED) is 0.871. The van der Waals surface area contributed by atoms with E-state index in [-0.39, 0.29) is 11.4 Å². The summed E-state index contributed by atoms with van der Waals surface area (Å²) in [4.78, 5) is 9.92. The lowest BCUT2D eigenvalue weighted by atomic mass is 10.4. The summed E-state index contributed by atoms with van der Waals surface area (Å²) in [5, 5.41) is 1.86. The molecular formula is C13H14FN3OS2. The lowest BCUT2D eigenvalue weighted by Gasteiger charge is -2.17. The molecule has 0 spiro atoms. The molecule has 3 rings (SSSR count). The first-order valence-electron chi connectivity index (χ1n) is 6.42. The number of anilines is 1. The fourth-order valence-electron chi connectivity index (χ4n) is 2.23. The molecule has 3 heterocycles. The van der Waals surface area contributed by atoms with Gasteiger partial charge in [0.2, 0.25) is 0 Å². The van der Waals surface area contributed by atoms with Gasteiger partial charge in [0.05, 0.1) is 26.5 Å². The molecule has 1 saturated heterocycles. The predicted octanol–water partition coefficient (Wildman–Crippen LogP) is 2.59. The minimum Gasteiger partial charge on any atom is -0.354 e. The van der Waals surface area contributed by atoms with Crippen molar-refractivity contribution in [1.82, 2.24) is 9.97 Å². The van der Waals surface area contributed by atoms with Gasteiger partial charge in [-0.25, -0.2) is 14.4 Å². The number of hydrogen-bond acceptors (Lipinski definition) is 5. The Hall–Kier alpha value is -1.34. The van der Waals surface area contributed by atoms with Gasteiger partial charge in [0.25, 0.3) is 0 Å². The smallest absolute Gasteiger partial charge is 0.188 e. The highest BCUT2D eigenvalue weighted by Gasteiger charge is 2.21. The van der Waals surface area contributed by atoms with E-state index in [4.69, 9.17) is 0 Å². The van der Waals surface area contributed by atoms with Gasteiger partial charge in [0.15, 0.2) is 11.6 Å². The molecule has 106 valence electrons. The average molecular weight is 311 g/mol. The van der Waals surface area contributed by atoms with E-state index in [0.29, 0.717) is 5.82 Å². The molecule has 1 aliphatic heterocycles. The van der Waals surface area contributed by atoms with E-state index in [2.05, 4.69) is 9.97 Å². The van der Waals surface area contributed by atoms with Gasteiger partial charge >= 0.3 is 0 Å². The SMILES string of the molecule is O=S(Cc1ncnc(N2CCCC2)c1F)c1cccs1. The van der Waals surface area contributed by atoms with Crippen molar-refractivity contribution in [3.05, 3.63) is 35.4 Å². The summed E-state index contributed by atoms with van der Waals surface area (Å²) in [6, 6.07) is 3.63. The highest BCUT2D eigenvalue weighted by Crippen LogP contribution is 2.24. The average Bonchev–Trinajstić information content (AvgIpc) is 3.14. The highest BCUT2D eigenvalue weighted by atomic mass is 32.2. The molecule has 0 N–H and O–H groups in total. The second-order valence-corrected chi connectivity index (χ2v) is 7.20. The summed E-state index contributed by atoms with van der Waals surface area (Å²) in [6.07, 6.45) is 3.47. The summed E-state index contributed by atoms with van der Waals surface area (Å²) >= 11 is 1.41. The minimum atomic E-state index is -1.25. The Morgan fingerprint density at radius 1 is 1.35 bits per heavy atom. The van der Waals surface area contributed by atoms with Crippen molar-refractivity contribution in [3.8, 4) is 0 Å². The Morgan fingerprint density at radius 3 is 2.85 bits per heavy atom. The van der Waals surface area contributed by atoms with Gasteiger partial charge in [-0.05, 0) is 24.3 Å². The summed E-state index contributed by atoms with van der Waals surface area (Å²) in [5.74, 6) is 0.00499. The second-order valence-electron chi connectivity index (χ2n) is 4.57. The first-order valence-corrected chi connectivity index (χ1v) is 8.62. The van der Waals surface area contributed by atoms with Crippen molar-refractivity contribution >= 4 is 28.0 Å². The van der Waals surface area contributed by atoms with Gasteiger partial charge in [-0.1, -0.05) is 6.07 Å². The molecule has 0 saturated carbocycles. The van der Waals surface area contributed by atoms with Crippen LogP contribution >= 0.6 is 11.3 Å².